The Morgan fingerprint density at radius 2 is 1.11 bits per heavy atom. The number of rotatable bonds is 3. The van der Waals surface area contributed by atoms with Gasteiger partial charge in [0.1, 0.15) is 0 Å². The third kappa shape index (κ3) is 6.22. The van der Waals surface area contributed by atoms with Crippen LogP contribution in [0.25, 0.3) is 0 Å². The molecule has 0 aliphatic heterocycles. The van der Waals surface area contributed by atoms with Gasteiger partial charge in [-0.15, -0.1) is 0 Å². The van der Waals surface area contributed by atoms with E-state index < -0.39 is 0 Å². The van der Waals surface area contributed by atoms with Crippen LogP contribution in [0.1, 0.15) is 84.5 Å². The van der Waals surface area contributed by atoms with Gasteiger partial charge in [-0.25, -0.2) is 0 Å². The summed E-state index contributed by atoms with van der Waals surface area (Å²) in [5, 5.41) is 3.58. The van der Waals surface area contributed by atoms with Crippen molar-refractivity contribution in [1.82, 2.24) is 5.32 Å². The summed E-state index contributed by atoms with van der Waals surface area (Å²) in [5.74, 6) is 1.68. The molecule has 0 amide bonds. The van der Waals surface area contributed by atoms with Crippen LogP contribution in [0.4, 0.5) is 0 Å². The molecule has 0 radical (unpaired) electrons. The fourth-order valence-electron chi connectivity index (χ4n) is 3.67. The molecule has 1 nitrogen and oxygen atoms in total. The van der Waals surface area contributed by atoms with E-state index in [1.54, 1.807) is 0 Å². The molecule has 1 fully saturated rings. The van der Waals surface area contributed by atoms with Crippen molar-refractivity contribution in [2.45, 2.75) is 90.5 Å². The molecule has 0 heterocycles. The molecular formula is C17H35N. The van der Waals surface area contributed by atoms with Crippen molar-refractivity contribution in [2.24, 2.45) is 11.8 Å². The van der Waals surface area contributed by atoms with E-state index in [0.717, 1.165) is 17.9 Å². The first-order valence-electron chi connectivity index (χ1n) is 8.43. The van der Waals surface area contributed by atoms with Gasteiger partial charge in [0.25, 0.3) is 0 Å². The van der Waals surface area contributed by atoms with Crippen LogP contribution in [0.15, 0.2) is 0 Å². The molecule has 1 rings (SSSR count). The Morgan fingerprint density at radius 3 is 1.44 bits per heavy atom. The van der Waals surface area contributed by atoms with Crippen molar-refractivity contribution in [2.75, 3.05) is 7.05 Å². The largest absolute Gasteiger partial charge is 0.316 e. The average molecular weight is 253 g/mol. The summed E-state index contributed by atoms with van der Waals surface area (Å²) >= 11 is 0. The average Bonchev–Trinajstić information content (AvgIpc) is 2.32. The minimum atomic E-state index is 0.730. The SMILES string of the molecule is CNC(C(C)C)C1CCCCCCCCCCC1. The normalized spacial score (nSPS) is 23.3. The topological polar surface area (TPSA) is 12.0 Å². The molecule has 1 aliphatic carbocycles. The fourth-order valence-corrected chi connectivity index (χ4v) is 3.67. The Kier molecular flexibility index (Phi) is 8.75. The van der Waals surface area contributed by atoms with E-state index in [9.17, 15) is 0 Å². The predicted molar refractivity (Wildman–Crippen MR) is 82.0 cm³/mol. The van der Waals surface area contributed by atoms with Crippen molar-refractivity contribution in [3.63, 3.8) is 0 Å². The molecule has 1 unspecified atom stereocenters. The van der Waals surface area contributed by atoms with E-state index in [-0.39, 0.29) is 0 Å². The highest BCUT2D eigenvalue weighted by atomic mass is 14.9. The molecule has 1 atom stereocenters. The minimum Gasteiger partial charge on any atom is -0.316 e. The van der Waals surface area contributed by atoms with Gasteiger partial charge in [-0.3, -0.25) is 0 Å². The lowest BCUT2D eigenvalue weighted by molar-refractivity contribution is 0.254. The van der Waals surface area contributed by atoms with Crippen LogP contribution >= 0.6 is 0 Å². The second-order valence-electron chi connectivity index (χ2n) is 6.58. The zero-order chi connectivity index (χ0) is 13.2. The molecule has 0 aromatic carbocycles. The summed E-state index contributed by atoms with van der Waals surface area (Å²) in [6.07, 6.45) is 16.1. The van der Waals surface area contributed by atoms with Gasteiger partial charge in [0.2, 0.25) is 0 Å². The predicted octanol–water partition coefficient (Wildman–Crippen LogP) is 5.15. The van der Waals surface area contributed by atoms with Crippen LogP contribution in [0.2, 0.25) is 0 Å². The number of hydrogen-bond donors (Lipinski definition) is 1. The molecule has 1 N–H and O–H groups in total. The molecule has 18 heavy (non-hydrogen) atoms. The zero-order valence-corrected chi connectivity index (χ0v) is 13.0. The zero-order valence-electron chi connectivity index (χ0n) is 13.0. The second-order valence-corrected chi connectivity index (χ2v) is 6.58. The lowest BCUT2D eigenvalue weighted by Gasteiger charge is -2.30. The van der Waals surface area contributed by atoms with Gasteiger partial charge in [-0.1, -0.05) is 71.6 Å². The maximum Gasteiger partial charge on any atom is 0.0115 e. The Hall–Kier alpha value is -0.0400. The summed E-state index contributed by atoms with van der Waals surface area (Å²) in [6, 6.07) is 0.730. The van der Waals surface area contributed by atoms with Gasteiger partial charge in [0.05, 0.1) is 0 Å². The van der Waals surface area contributed by atoms with Crippen molar-refractivity contribution in [1.29, 1.82) is 0 Å². The monoisotopic (exact) mass is 253 g/mol. The highest BCUT2D eigenvalue weighted by Gasteiger charge is 2.22. The lowest BCUT2D eigenvalue weighted by atomic mass is 9.82. The first-order valence-corrected chi connectivity index (χ1v) is 8.43. The van der Waals surface area contributed by atoms with Gasteiger partial charge in [0.15, 0.2) is 0 Å². The van der Waals surface area contributed by atoms with E-state index in [2.05, 4.69) is 26.2 Å². The molecule has 108 valence electrons. The van der Waals surface area contributed by atoms with Crippen LogP contribution in [0.3, 0.4) is 0 Å². The van der Waals surface area contributed by atoms with Crippen LogP contribution in [0, 0.1) is 11.8 Å². The van der Waals surface area contributed by atoms with Gasteiger partial charge in [0, 0.05) is 6.04 Å². The van der Waals surface area contributed by atoms with E-state index >= 15 is 0 Å². The van der Waals surface area contributed by atoms with Crippen molar-refractivity contribution >= 4 is 0 Å². The lowest BCUT2D eigenvalue weighted by Crippen LogP contribution is -2.38. The first-order chi connectivity index (χ1) is 8.75. The quantitative estimate of drug-likeness (QED) is 0.733. The third-order valence-corrected chi connectivity index (χ3v) is 4.71. The molecular weight excluding hydrogens is 218 g/mol. The van der Waals surface area contributed by atoms with Crippen LogP contribution in [-0.2, 0) is 0 Å². The molecule has 0 bridgehead atoms. The molecule has 1 aliphatic rings. The summed E-state index contributed by atoms with van der Waals surface area (Å²) in [7, 11) is 2.15. The Balaban J connectivity index is 2.44. The molecule has 0 spiro atoms. The Morgan fingerprint density at radius 1 is 0.722 bits per heavy atom. The van der Waals surface area contributed by atoms with E-state index in [4.69, 9.17) is 0 Å². The third-order valence-electron chi connectivity index (χ3n) is 4.71. The minimum absolute atomic E-state index is 0.730. The van der Waals surface area contributed by atoms with Gasteiger partial charge < -0.3 is 5.32 Å². The van der Waals surface area contributed by atoms with Crippen molar-refractivity contribution in [3.8, 4) is 0 Å². The van der Waals surface area contributed by atoms with Crippen LogP contribution < -0.4 is 5.32 Å². The second kappa shape index (κ2) is 9.83. The highest BCUT2D eigenvalue weighted by Crippen LogP contribution is 2.26. The fraction of sp³-hybridized carbons (Fsp3) is 1.00. The molecule has 0 aromatic rings. The Labute approximate surface area is 115 Å². The number of nitrogens with one attached hydrogen (secondary N) is 1. The summed E-state index contributed by atoms with van der Waals surface area (Å²) in [4.78, 5) is 0. The summed E-state index contributed by atoms with van der Waals surface area (Å²) in [6.45, 7) is 4.74. The summed E-state index contributed by atoms with van der Waals surface area (Å²) < 4.78 is 0. The van der Waals surface area contributed by atoms with E-state index in [1.807, 2.05) is 0 Å². The standard InChI is InChI=1S/C17H35N/c1-15(2)17(18-3)16-13-11-9-7-5-4-6-8-10-12-14-16/h15-18H,4-14H2,1-3H3. The van der Waals surface area contributed by atoms with Crippen LogP contribution in [-0.4, -0.2) is 13.1 Å². The Bertz CT molecular complexity index is 176. The highest BCUT2D eigenvalue weighted by molar-refractivity contribution is 4.78. The maximum absolute atomic E-state index is 3.58. The van der Waals surface area contributed by atoms with Gasteiger partial charge in [-0.2, -0.15) is 0 Å². The summed E-state index contributed by atoms with van der Waals surface area (Å²) in [5.41, 5.74) is 0. The van der Waals surface area contributed by atoms with Crippen LogP contribution in [0.5, 0.6) is 0 Å². The molecule has 1 heteroatoms. The smallest absolute Gasteiger partial charge is 0.0115 e. The molecule has 0 aromatic heterocycles. The van der Waals surface area contributed by atoms with Gasteiger partial charge in [-0.05, 0) is 31.7 Å². The van der Waals surface area contributed by atoms with Crippen molar-refractivity contribution < 1.29 is 0 Å². The number of hydrogen-bond acceptors (Lipinski definition) is 1. The first kappa shape index (κ1) is 16.0. The van der Waals surface area contributed by atoms with E-state index in [0.29, 0.717) is 0 Å². The molecule has 0 saturated heterocycles. The molecule has 1 saturated carbocycles. The van der Waals surface area contributed by atoms with Gasteiger partial charge >= 0.3 is 0 Å². The van der Waals surface area contributed by atoms with E-state index in [1.165, 1.54) is 70.6 Å². The van der Waals surface area contributed by atoms with Crippen molar-refractivity contribution in [3.05, 3.63) is 0 Å². The maximum atomic E-state index is 3.58.